The molecule has 0 unspecified atom stereocenters. The van der Waals surface area contributed by atoms with Crippen molar-refractivity contribution in [3.8, 4) is 0 Å². The smallest absolute Gasteiger partial charge is 0.508 e. The van der Waals surface area contributed by atoms with Crippen molar-refractivity contribution in [2.75, 3.05) is 19.7 Å². The largest absolute Gasteiger partial charge is 0.527 e. The summed E-state index contributed by atoms with van der Waals surface area (Å²) < 4.78 is 10.9. The molecule has 0 aromatic carbocycles. The van der Waals surface area contributed by atoms with Gasteiger partial charge in [-0.2, -0.15) is 0 Å². The van der Waals surface area contributed by atoms with Gasteiger partial charge in [0.25, 0.3) is 0 Å². The van der Waals surface area contributed by atoms with Gasteiger partial charge in [-0.25, -0.2) is 0 Å². The highest BCUT2D eigenvalue weighted by Gasteiger charge is 2.52. The first-order valence-corrected chi connectivity index (χ1v) is 8.04. The summed E-state index contributed by atoms with van der Waals surface area (Å²) in [5.74, 6) is -0.746. The molecule has 0 saturated carbocycles. The topological polar surface area (TPSA) is 108 Å². The SMILES string of the molecule is CCOB1CCCC[C@H]2CN(C(=O)[C@H](C)N)C[C@@]2(N)C(=O)O1. The first-order valence-electron chi connectivity index (χ1n) is 8.04. The molecule has 0 aromatic rings. The molecule has 3 atom stereocenters. The van der Waals surface area contributed by atoms with Gasteiger partial charge in [-0.1, -0.05) is 12.8 Å². The summed E-state index contributed by atoms with van der Waals surface area (Å²) in [7, 11) is -0.546. The van der Waals surface area contributed by atoms with E-state index in [0.717, 1.165) is 19.3 Å². The lowest BCUT2D eigenvalue weighted by Gasteiger charge is -2.28. The van der Waals surface area contributed by atoms with Crippen LogP contribution in [0.1, 0.15) is 33.1 Å². The van der Waals surface area contributed by atoms with Gasteiger partial charge in [0.05, 0.1) is 6.04 Å². The summed E-state index contributed by atoms with van der Waals surface area (Å²) in [6, 6.07) is -0.594. The number of likely N-dealkylation sites (tertiary alicyclic amines) is 1. The Kier molecular flexibility index (Phi) is 5.47. The Morgan fingerprint density at radius 1 is 1.59 bits per heavy atom. The minimum absolute atomic E-state index is 0.0944. The summed E-state index contributed by atoms with van der Waals surface area (Å²) in [4.78, 5) is 26.3. The van der Waals surface area contributed by atoms with Crippen LogP contribution in [0.4, 0.5) is 0 Å². The van der Waals surface area contributed by atoms with Gasteiger partial charge in [-0.05, 0) is 26.6 Å². The molecule has 2 aliphatic heterocycles. The molecular formula is C14H26BN3O4. The summed E-state index contributed by atoms with van der Waals surface area (Å²) in [5.41, 5.74) is 10.9. The van der Waals surface area contributed by atoms with Crippen molar-refractivity contribution in [3.63, 3.8) is 0 Å². The van der Waals surface area contributed by atoms with E-state index < -0.39 is 24.7 Å². The fraction of sp³-hybridized carbons (Fsp3) is 0.857. The Morgan fingerprint density at radius 3 is 2.95 bits per heavy atom. The zero-order chi connectivity index (χ0) is 16.3. The van der Waals surface area contributed by atoms with Crippen LogP contribution in [0.15, 0.2) is 0 Å². The standard InChI is InChI=1S/C14H26BN3O4/c1-3-21-15-7-5-4-6-11-8-18(12(19)10(2)16)9-14(11,17)13(20)22-15/h10-11H,3-9,16-17H2,1-2H3/t10-,11-,14-/m0/s1. The second kappa shape index (κ2) is 6.98. The van der Waals surface area contributed by atoms with E-state index >= 15 is 0 Å². The maximum Gasteiger partial charge on any atom is 0.527 e. The van der Waals surface area contributed by atoms with Crippen molar-refractivity contribution in [2.45, 2.75) is 51.0 Å². The zero-order valence-corrected chi connectivity index (χ0v) is 13.4. The fourth-order valence-corrected chi connectivity index (χ4v) is 3.27. The van der Waals surface area contributed by atoms with E-state index in [0.29, 0.717) is 19.5 Å². The number of amides is 1. The Hall–Kier alpha value is -1.12. The van der Waals surface area contributed by atoms with Crippen LogP contribution in [0.25, 0.3) is 0 Å². The Morgan fingerprint density at radius 2 is 2.32 bits per heavy atom. The van der Waals surface area contributed by atoms with E-state index in [1.807, 2.05) is 6.92 Å². The number of hydrogen-bond acceptors (Lipinski definition) is 6. The van der Waals surface area contributed by atoms with E-state index in [2.05, 4.69) is 0 Å². The van der Waals surface area contributed by atoms with Gasteiger partial charge < -0.3 is 25.7 Å². The highest BCUT2D eigenvalue weighted by atomic mass is 16.6. The van der Waals surface area contributed by atoms with Gasteiger partial charge in [0, 0.05) is 25.6 Å². The molecule has 2 aliphatic rings. The van der Waals surface area contributed by atoms with E-state index in [1.165, 1.54) is 0 Å². The van der Waals surface area contributed by atoms with Crippen molar-refractivity contribution >= 4 is 19.0 Å². The van der Waals surface area contributed by atoms with Gasteiger partial charge in [-0.15, -0.1) is 0 Å². The molecule has 8 heteroatoms. The molecule has 0 radical (unpaired) electrons. The van der Waals surface area contributed by atoms with Crippen LogP contribution in [0.2, 0.25) is 6.32 Å². The minimum atomic E-state index is -1.16. The average molecular weight is 311 g/mol. The number of fused-ring (bicyclic) bond motifs is 1. The number of carbonyl (C=O) groups is 2. The minimum Gasteiger partial charge on any atom is -0.508 e. The van der Waals surface area contributed by atoms with E-state index in [9.17, 15) is 9.59 Å². The van der Waals surface area contributed by atoms with Gasteiger partial charge in [0.1, 0.15) is 5.54 Å². The van der Waals surface area contributed by atoms with Crippen molar-refractivity contribution in [1.82, 2.24) is 4.90 Å². The predicted octanol–water partition coefficient (Wildman–Crippen LogP) is -0.259. The van der Waals surface area contributed by atoms with Crippen molar-refractivity contribution in [1.29, 1.82) is 0 Å². The molecular weight excluding hydrogens is 285 g/mol. The predicted molar refractivity (Wildman–Crippen MR) is 82.8 cm³/mol. The van der Waals surface area contributed by atoms with E-state index in [4.69, 9.17) is 20.8 Å². The summed E-state index contributed by atoms with van der Waals surface area (Å²) in [6.07, 6.45) is 3.33. The normalized spacial score (nSPS) is 30.9. The monoisotopic (exact) mass is 311 g/mol. The Balaban J connectivity index is 2.16. The maximum atomic E-state index is 12.5. The fourth-order valence-electron chi connectivity index (χ4n) is 3.27. The molecule has 1 amide bonds. The lowest BCUT2D eigenvalue weighted by atomic mass is 9.82. The molecule has 0 spiro atoms. The highest BCUT2D eigenvalue weighted by molar-refractivity contribution is 6.47. The van der Waals surface area contributed by atoms with Crippen LogP contribution in [0, 0.1) is 5.92 Å². The molecule has 2 fully saturated rings. The van der Waals surface area contributed by atoms with Crippen LogP contribution >= 0.6 is 0 Å². The molecule has 2 rings (SSSR count). The van der Waals surface area contributed by atoms with Crippen LogP contribution in [-0.2, 0) is 18.9 Å². The third kappa shape index (κ3) is 3.44. The first kappa shape index (κ1) is 17.2. The average Bonchev–Trinajstić information content (AvgIpc) is 2.81. The molecule has 22 heavy (non-hydrogen) atoms. The molecule has 0 aliphatic carbocycles. The second-order valence-electron chi connectivity index (χ2n) is 6.32. The first-order chi connectivity index (χ1) is 10.4. The lowest BCUT2D eigenvalue weighted by molar-refractivity contribution is -0.143. The van der Waals surface area contributed by atoms with Crippen molar-refractivity contribution in [2.24, 2.45) is 17.4 Å². The summed E-state index contributed by atoms with van der Waals surface area (Å²) >= 11 is 0. The third-order valence-corrected chi connectivity index (χ3v) is 4.54. The van der Waals surface area contributed by atoms with Crippen LogP contribution in [-0.4, -0.2) is 55.2 Å². The number of carbonyl (C=O) groups excluding carboxylic acids is 2. The van der Waals surface area contributed by atoms with Gasteiger partial charge in [0.2, 0.25) is 5.91 Å². The maximum absolute atomic E-state index is 12.5. The van der Waals surface area contributed by atoms with Crippen LogP contribution in [0.5, 0.6) is 0 Å². The second-order valence-corrected chi connectivity index (χ2v) is 6.32. The molecule has 2 heterocycles. The Labute approximate surface area is 131 Å². The molecule has 2 saturated heterocycles. The molecule has 0 bridgehead atoms. The molecule has 124 valence electrons. The number of nitrogens with two attached hydrogens (primary N) is 2. The van der Waals surface area contributed by atoms with Crippen molar-refractivity contribution < 1.29 is 18.9 Å². The Bertz CT molecular complexity index is 434. The lowest BCUT2D eigenvalue weighted by Crippen LogP contribution is -2.57. The molecule has 0 aromatic heterocycles. The molecule has 7 nitrogen and oxygen atoms in total. The zero-order valence-electron chi connectivity index (χ0n) is 13.4. The molecule has 4 N–H and O–H groups in total. The van der Waals surface area contributed by atoms with Crippen LogP contribution < -0.4 is 11.5 Å². The number of nitrogens with zero attached hydrogens (tertiary/aromatic N) is 1. The summed E-state index contributed by atoms with van der Waals surface area (Å²) in [5, 5.41) is 0. The van der Waals surface area contributed by atoms with E-state index in [1.54, 1.807) is 11.8 Å². The van der Waals surface area contributed by atoms with Gasteiger partial charge in [-0.3, -0.25) is 9.59 Å². The van der Waals surface area contributed by atoms with Gasteiger partial charge >= 0.3 is 13.1 Å². The summed E-state index contributed by atoms with van der Waals surface area (Å²) in [6.45, 7) is 4.61. The van der Waals surface area contributed by atoms with E-state index in [-0.39, 0.29) is 18.4 Å². The quantitative estimate of drug-likeness (QED) is 0.695. The van der Waals surface area contributed by atoms with Crippen LogP contribution in [0.3, 0.4) is 0 Å². The number of rotatable bonds is 3. The number of hydrogen-bond donors (Lipinski definition) is 2. The highest BCUT2D eigenvalue weighted by Crippen LogP contribution is 2.33. The van der Waals surface area contributed by atoms with Crippen molar-refractivity contribution in [3.05, 3.63) is 0 Å². The third-order valence-electron chi connectivity index (χ3n) is 4.54. The van der Waals surface area contributed by atoms with Gasteiger partial charge in [0.15, 0.2) is 0 Å².